The molecule has 0 saturated heterocycles. The van der Waals surface area contributed by atoms with Crippen LogP contribution in [0.1, 0.15) is 49.4 Å². The van der Waals surface area contributed by atoms with Crippen LogP contribution in [0.5, 0.6) is 0 Å². The van der Waals surface area contributed by atoms with E-state index in [0.29, 0.717) is 12.1 Å². The third kappa shape index (κ3) is 4.38. The summed E-state index contributed by atoms with van der Waals surface area (Å²) in [5.41, 5.74) is 4.29. The summed E-state index contributed by atoms with van der Waals surface area (Å²) in [4.78, 5) is 13.0. The van der Waals surface area contributed by atoms with Crippen LogP contribution in [0.4, 0.5) is 5.69 Å². The molecule has 0 aliphatic heterocycles. The predicted molar refractivity (Wildman–Crippen MR) is 113 cm³/mol. The van der Waals surface area contributed by atoms with Crippen LogP contribution in [0.25, 0.3) is 0 Å². The highest BCUT2D eigenvalue weighted by Gasteiger charge is 2.32. The summed E-state index contributed by atoms with van der Waals surface area (Å²) in [6, 6.07) is 14.2. The molecule has 2 aromatic rings. The van der Waals surface area contributed by atoms with E-state index in [0.717, 1.165) is 24.7 Å². The van der Waals surface area contributed by atoms with E-state index in [4.69, 9.17) is 0 Å². The number of fused-ring (bicyclic) bond motifs is 1. The van der Waals surface area contributed by atoms with Crippen LogP contribution in [0.2, 0.25) is 0 Å². The molecule has 1 N–H and O–H groups in total. The second-order valence-corrected chi connectivity index (χ2v) is 9.29. The fraction of sp³-hybridized carbons (Fsp3) is 0.409. The maximum absolute atomic E-state index is 13.0. The Bertz CT molecular complexity index is 942. The van der Waals surface area contributed by atoms with Gasteiger partial charge < -0.3 is 5.32 Å². The number of carbonyl (C=O) groups is 1. The van der Waals surface area contributed by atoms with Crippen LogP contribution in [-0.4, -0.2) is 26.6 Å². The Morgan fingerprint density at radius 3 is 2.43 bits per heavy atom. The van der Waals surface area contributed by atoms with Crippen molar-refractivity contribution in [2.75, 3.05) is 10.6 Å². The maximum atomic E-state index is 13.0. The van der Waals surface area contributed by atoms with Gasteiger partial charge in [0.15, 0.2) is 0 Å². The first-order valence-electron chi connectivity index (χ1n) is 9.77. The summed E-state index contributed by atoms with van der Waals surface area (Å²) < 4.78 is 26.2. The molecule has 0 aromatic heterocycles. The van der Waals surface area contributed by atoms with Crippen LogP contribution in [-0.2, 0) is 27.7 Å². The van der Waals surface area contributed by atoms with Crippen LogP contribution in [0.15, 0.2) is 48.5 Å². The molecule has 5 nitrogen and oxygen atoms in total. The number of sulfonamides is 1. The highest BCUT2D eigenvalue weighted by Crippen LogP contribution is 2.26. The number of nitrogens with one attached hydrogen (secondary N) is 1. The van der Waals surface area contributed by atoms with Crippen LogP contribution in [0, 0.1) is 0 Å². The Labute approximate surface area is 167 Å². The van der Waals surface area contributed by atoms with Crippen molar-refractivity contribution < 1.29 is 13.2 Å². The lowest BCUT2D eigenvalue weighted by Crippen LogP contribution is -2.49. The standard InChI is InChI=1S/C22H28N2O3S/c1-4-21(24(28(3,26)27)20-11-6-5-7-12-20)22(25)23-16(2)18-14-13-17-9-8-10-19(17)15-18/h5-7,11-16,21H,4,8-10H2,1-3H3,(H,23,25)/t16-,21+/m1/s1. The lowest BCUT2D eigenvalue weighted by atomic mass is 10.0. The molecule has 1 amide bonds. The number of amides is 1. The van der Waals surface area contributed by atoms with Gasteiger partial charge in [-0.05, 0) is 61.4 Å². The molecule has 0 radical (unpaired) electrons. The number of rotatable bonds is 7. The number of para-hydroxylation sites is 1. The number of anilines is 1. The largest absolute Gasteiger partial charge is 0.348 e. The molecule has 2 atom stereocenters. The van der Waals surface area contributed by atoms with Gasteiger partial charge in [-0.15, -0.1) is 0 Å². The van der Waals surface area contributed by atoms with Gasteiger partial charge in [0.05, 0.1) is 18.0 Å². The van der Waals surface area contributed by atoms with Gasteiger partial charge in [-0.25, -0.2) is 8.42 Å². The number of nitrogens with zero attached hydrogens (tertiary/aromatic N) is 1. The van der Waals surface area contributed by atoms with Gasteiger partial charge >= 0.3 is 0 Å². The van der Waals surface area contributed by atoms with Crippen molar-refractivity contribution >= 4 is 21.6 Å². The van der Waals surface area contributed by atoms with E-state index in [1.54, 1.807) is 24.3 Å². The number of hydrogen-bond acceptors (Lipinski definition) is 3. The zero-order chi connectivity index (χ0) is 20.3. The van der Waals surface area contributed by atoms with Crippen molar-refractivity contribution in [1.82, 2.24) is 5.32 Å². The van der Waals surface area contributed by atoms with Gasteiger partial charge in [-0.3, -0.25) is 9.10 Å². The van der Waals surface area contributed by atoms with Crippen molar-refractivity contribution in [1.29, 1.82) is 0 Å². The van der Waals surface area contributed by atoms with Gasteiger partial charge in [0.25, 0.3) is 0 Å². The van der Waals surface area contributed by atoms with Crippen molar-refractivity contribution in [3.05, 3.63) is 65.2 Å². The molecular formula is C22H28N2O3S. The average molecular weight is 401 g/mol. The van der Waals surface area contributed by atoms with Crippen molar-refractivity contribution in [2.24, 2.45) is 0 Å². The molecule has 0 spiro atoms. The Kier molecular flexibility index (Phi) is 6.08. The minimum absolute atomic E-state index is 0.190. The van der Waals surface area contributed by atoms with Crippen molar-refractivity contribution in [3.63, 3.8) is 0 Å². The monoisotopic (exact) mass is 400 g/mol. The summed E-state index contributed by atoms with van der Waals surface area (Å²) in [5, 5.41) is 3.02. The lowest BCUT2D eigenvalue weighted by Gasteiger charge is -2.31. The molecule has 1 aliphatic carbocycles. The highest BCUT2D eigenvalue weighted by atomic mass is 32.2. The van der Waals surface area contributed by atoms with Crippen LogP contribution in [0.3, 0.4) is 0 Å². The van der Waals surface area contributed by atoms with Gasteiger partial charge in [-0.1, -0.05) is 43.3 Å². The first kappa shape index (κ1) is 20.4. The van der Waals surface area contributed by atoms with Gasteiger partial charge in [0, 0.05) is 0 Å². The Hall–Kier alpha value is -2.34. The molecule has 6 heteroatoms. The fourth-order valence-corrected chi connectivity index (χ4v) is 5.10. The minimum atomic E-state index is -3.61. The van der Waals surface area contributed by atoms with E-state index in [9.17, 15) is 13.2 Å². The first-order valence-corrected chi connectivity index (χ1v) is 11.6. The Morgan fingerprint density at radius 1 is 1.11 bits per heavy atom. The Balaban J connectivity index is 1.82. The summed E-state index contributed by atoms with van der Waals surface area (Å²) in [5.74, 6) is -0.287. The molecule has 150 valence electrons. The molecule has 0 saturated carbocycles. The van der Waals surface area contributed by atoms with Crippen molar-refractivity contribution in [3.8, 4) is 0 Å². The maximum Gasteiger partial charge on any atom is 0.244 e. The second kappa shape index (κ2) is 8.35. The van der Waals surface area contributed by atoms with E-state index in [1.165, 1.54) is 21.9 Å². The number of hydrogen-bond donors (Lipinski definition) is 1. The van der Waals surface area contributed by atoms with E-state index in [-0.39, 0.29) is 11.9 Å². The molecule has 0 heterocycles. The topological polar surface area (TPSA) is 66.5 Å². The summed E-state index contributed by atoms with van der Waals surface area (Å²) >= 11 is 0. The Morgan fingerprint density at radius 2 is 1.79 bits per heavy atom. The molecule has 0 fully saturated rings. The molecule has 3 rings (SSSR count). The molecule has 2 aromatic carbocycles. The quantitative estimate of drug-likeness (QED) is 0.772. The first-order chi connectivity index (χ1) is 13.3. The lowest BCUT2D eigenvalue weighted by molar-refractivity contribution is -0.122. The normalized spacial score (nSPS) is 15.5. The van der Waals surface area contributed by atoms with Crippen molar-refractivity contribution in [2.45, 2.75) is 51.6 Å². The van der Waals surface area contributed by atoms with Crippen LogP contribution < -0.4 is 9.62 Å². The SMILES string of the molecule is CC[C@@H](C(=O)N[C@H](C)c1ccc2c(c1)CCC2)N(c1ccccc1)S(C)(=O)=O. The summed E-state index contributed by atoms with van der Waals surface area (Å²) in [6.07, 6.45) is 4.90. The number of benzene rings is 2. The summed E-state index contributed by atoms with van der Waals surface area (Å²) in [7, 11) is -3.61. The minimum Gasteiger partial charge on any atom is -0.348 e. The molecule has 1 aliphatic rings. The zero-order valence-corrected chi connectivity index (χ0v) is 17.5. The van der Waals surface area contributed by atoms with Gasteiger partial charge in [-0.2, -0.15) is 0 Å². The predicted octanol–water partition coefficient (Wildman–Crippen LogP) is 3.60. The molecule has 0 unspecified atom stereocenters. The molecule has 0 bridgehead atoms. The average Bonchev–Trinajstić information content (AvgIpc) is 3.13. The fourth-order valence-electron chi connectivity index (χ4n) is 3.89. The number of aryl methyl sites for hydroxylation is 2. The van der Waals surface area contributed by atoms with Gasteiger partial charge in [0.2, 0.25) is 15.9 Å². The zero-order valence-electron chi connectivity index (χ0n) is 16.7. The van der Waals surface area contributed by atoms with Crippen LogP contribution >= 0.6 is 0 Å². The smallest absolute Gasteiger partial charge is 0.244 e. The van der Waals surface area contributed by atoms with Gasteiger partial charge in [0.1, 0.15) is 6.04 Å². The van der Waals surface area contributed by atoms with E-state index < -0.39 is 16.1 Å². The third-order valence-electron chi connectivity index (χ3n) is 5.32. The van der Waals surface area contributed by atoms with E-state index in [1.807, 2.05) is 19.9 Å². The highest BCUT2D eigenvalue weighted by molar-refractivity contribution is 7.92. The van der Waals surface area contributed by atoms with E-state index in [2.05, 4.69) is 23.5 Å². The van der Waals surface area contributed by atoms with E-state index >= 15 is 0 Å². The molecule has 28 heavy (non-hydrogen) atoms. The number of carbonyl (C=O) groups excluding carboxylic acids is 1. The summed E-state index contributed by atoms with van der Waals surface area (Å²) in [6.45, 7) is 3.76. The molecular weight excluding hydrogens is 372 g/mol. The third-order valence-corrected chi connectivity index (χ3v) is 6.50. The second-order valence-electron chi connectivity index (χ2n) is 7.43.